The largest absolute Gasteiger partial charge is 0.369 e. The van der Waals surface area contributed by atoms with Crippen LogP contribution in [0, 0.1) is 11.8 Å². The standard InChI is InChI=1S/C17H31NO/c1-14-5-4-9-17(10-8-14)13-18-12-16(19-17)11-15-6-2-3-7-15/h14-16,18H,2-13H2,1H3. The van der Waals surface area contributed by atoms with Crippen LogP contribution in [0.2, 0.25) is 0 Å². The lowest BCUT2D eigenvalue weighted by atomic mass is 9.90. The Morgan fingerprint density at radius 3 is 2.74 bits per heavy atom. The van der Waals surface area contributed by atoms with E-state index in [1.165, 1.54) is 64.2 Å². The van der Waals surface area contributed by atoms with Gasteiger partial charge in [0.05, 0.1) is 11.7 Å². The molecule has 3 unspecified atom stereocenters. The summed E-state index contributed by atoms with van der Waals surface area (Å²) >= 11 is 0. The third-order valence-corrected chi connectivity index (χ3v) is 5.73. The molecule has 19 heavy (non-hydrogen) atoms. The summed E-state index contributed by atoms with van der Waals surface area (Å²) in [7, 11) is 0. The highest BCUT2D eigenvalue weighted by Gasteiger charge is 2.39. The molecule has 3 atom stereocenters. The molecule has 0 aromatic carbocycles. The van der Waals surface area contributed by atoms with Crippen molar-refractivity contribution < 1.29 is 4.74 Å². The molecule has 3 fully saturated rings. The molecule has 3 rings (SSSR count). The molecule has 110 valence electrons. The van der Waals surface area contributed by atoms with Crippen molar-refractivity contribution in [2.24, 2.45) is 11.8 Å². The Labute approximate surface area is 118 Å². The third kappa shape index (κ3) is 3.52. The van der Waals surface area contributed by atoms with Gasteiger partial charge in [-0.2, -0.15) is 0 Å². The van der Waals surface area contributed by atoms with E-state index < -0.39 is 0 Å². The fourth-order valence-corrected chi connectivity index (χ4v) is 4.49. The second kappa shape index (κ2) is 6.13. The van der Waals surface area contributed by atoms with Crippen molar-refractivity contribution >= 4 is 0 Å². The Balaban J connectivity index is 1.56. The lowest BCUT2D eigenvalue weighted by Gasteiger charge is -2.42. The Morgan fingerprint density at radius 2 is 1.89 bits per heavy atom. The van der Waals surface area contributed by atoms with Crippen LogP contribution in [0.15, 0.2) is 0 Å². The maximum atomic E-state index is 6.64. The van der Waals surface area contributed by atoms with Gasteiger partial charge in [0.2, 0.25) is 0 Å². The van der Waals surface area contributed by atoms with Gasteiger partial charge in [0.15, 0.2) is 0 Å². The van der Waals surface area contributed by atoms with Gasteiger partial charge in [-0.15, -0.1) is 0 Å². The average Bonchev–Trinajstić information content (AvgIpc) is 2.84. The number of morpholine rings is 1. The van der Waals surface area contributed by atoms with E-state index in [0.717, 1.165) is 24.9 Å². The molecule has 0 amide bonds. The van der Waals surface area contributed by atoms with Crippen molar-refractivity contribution in [3.63, 3.8) is 0 Å². The minimum atomic E-state index is 0.187. The molecule has 0 bridgehead atoms. The van der Waals surface area contributed by atoms with E-state index in [1.807, 2.05) is 0 Å². The second-order valence-electron chi connectivity index (χ2n) is 7.48. The Kier molecular flexibility index (Phi) is 4.48. The monoisotopic (exact) mass is 265 g/mol. The van der Waals surface area contributed by atoms with Crippen molar-refractivity contribution in [3.8, 4) is 0 Å². The fraction of sp³-hybridized carbons (Fsp3) is 1.00. The number of hydrogen-bond acceptors (Lipinski definition) is 2. The van der Waals surface area contributed by atoms with E-state index in [0.29, 0.717) is 6.10 Å². The summed E-state index contributed by atoms with van der Waals surface area (Å²) in [5, 5.41) is 3.69. The lowest BCUT2D eigenvalue weighted by molar-refractivity contribution is -0.130. The normalized spacial score (nSPS) is 41.5. The van der Waals surface area contributed by atoms with Gasteiger partial charge < -0.3 is 10.1 Å². The Morgan fingerprint density at radius 1 is 1.05 bits per heavy atom. The SMILES string of the molecule is CC1CCCC2(CC1)CNCC(CC1CCCC1)O2. The number of ether oxygens (including phenoxy) is 1. The van der Waals surface area contributed by atoms with Gasteiger partial charge in [-0.25, -0.2) is 0 Å². The van der Waals surface area contributed by atoms with Crippen LogP contribution < -0.4 is 5.32 Å². The summed E-state index contributed by atoms with van der Waals surface area (Å²) in [6, 6.07) is 0. The van der Waals surface area contributed by atoms with E-state index in [1.54, 1.807) is 0 Å². The van der Waals surface area contributed by atoms with Gasteiger partial charge in [0.25, 0.3) is 0 Å². The quantitative estimate of drug-likeness (QED) is 0.818. The molecule has 0 aromatic heterocycles. The number of nitrogens with one attached hydrogen (secondary N) is 1. The van der Waals surface area contributed by atoms with E-state index in [4.69, 9.17) is 4.74 Å². The third-order valence-electron chi connectivity index (χ3n) is 5.73. The predicted molar refractivity (Wildman–Crippen MR) is 79.3 cm³/mol. The van der Waals surface area contributed by atoms with E-state index >= 15 is 0 Å². The smallest absolute Gasteiger partial charge is 0.0810 e. The van der Waals surface area contributed by atoms with Crippen molar-refractivity contribution in [2.75, 3.05) is 13.1 Å². The zero-order chi connectivity index (χ0) is 13.1. The van der Waals surface area contributed by atoms with Crippen LogP contribution in [-0.4, -0.2) is 24.8 Å². The van der Waals surface area contributed by atoms with Crippen molar-refractivity contribution in [1.29, 1.82) is 0 Å². The predicted octanol–water partition coefficient (Wildman–Crippen LogP) is 3.89. The van der Waals surface area contributed by atoms with Crippen LogP contribution in [0.1, 0.15) is 71.1 Å². The van der Waals surface area contributed by atoms with Gasteiger partial charge in [0.1, 0.15) is 0 Å². The lowest BCUT2D eigenvalue weighted by Crippen LogP contribution is -2.54. The maximum absolute atomic E-state index is 6.64. The molecule has 1 aliphatic heterocycles. The van der Waals surface area contributed by atoms with E-state index in [9.17, 15) is 0 Å². The minimum Gasteiger partial charge on any atom is -0.369 e. The maximum Gasteiger partial charge on any atom is 0.0810 e. The molecule has 1 saturated heterocycles. The Hall–Kier alpha value is -0.0800. The molecule has 1 heterocycles. The molecule has 2 heteroatoms. The molecular formula is C17H31NO. The highest BCUT2D eigenvalue weighted by atomic mass is 16.5. The van der Waals surface area contributed by atoms with Gasteiger partial charge in [0, 0.05) is 13.1 Å². The summed E-state index contributed by atoms with van der Waals surface area (Å²) < 4.78 is 6.64. The van der Waals surface area contributed by atoms with Crippen molar-refractivity contribution in [3.05, 3.63) is 0 Å². The van der Waals surface area contributed by atoms with Crippen LogP contribution in [0.5, 0.6) is 0 Å². The molecular weight excluding hydrogens is 234 g/mol. The summed E-state index contributed by atoms with van der Waals surface area (Å²) in [5.74, 6) is 1.85. The molecule has 0 radical (unpaired) electrons. The fourth-order valence-electron chi connectivity index (χ4n) is 4.49. The topological polar surface area (TPSA) is 21.3 Å². The molecule has 3 aliphatic rings. The van der Waals surface area contributed by atoms with Crippen LogP contribution in [0.25, 0.3) is 0 Å². The van der Waals surface area contributed by atoms with Gasteiger partial charge >= 0.3 is 0 Å². The molecule has 0 aromatic rings. The molecule has 1 spiro atoms. The molecule has 2 saturated carbocycles. The van der Waals surface area contributed by atoms with Gasteiger partial charge in [-0.1, -0.05) is 45.4 Å². The summed E-state index contributed by atoms with van der Waals surface area (Å²) in [6.45, 7) is 4.60. The van der Waals surface area contributed by atoms with Crippen LogP contribution in [0.4, 0.5) is 0 Å². The van der Waals surface area contributed by atoms with E-state index in [-0.39, 0.29) is 5.60 Å². The number of hydrogen-bond donors (Lipinski definition) is 1. The Bertz CT molecular complexity index is 287. The zero-order valence-corrected chi connectivity index (χ0v) is 12.6. The van der Waals surface area contributed by atoms with Crippen molar-refractivity contribution in [2.45, 2.75) is 82.8 Å². The highest BCUT2D eigenvalue weighted by molar-refractivity contribution is 4.92. The summed E-state index contributed by atoms with van der Waals surface area (Å²) in [4.78, 5) is 0. The van der Waals surface area contributed by atoms with Gasteiger partial charge in [-0.3, -0.25) is 0 Å². The first-order valence-electron chi connectivity index (χ1n) is 8.64. The van der Waals surface area contributed by atoms with E-state index in [2.05, 4.69) is 12.2 Å². The second-order valence-corrected chi connectivity index (χ2v) is 7.48. The average molecular weight is 265 g/mol. The molecule has 1 N–H and O–H groups in total. The van der Waals surface area contributed by atoms with Crippen LogP contribution in [-0.2, 0) is 4.74 Å². The molecule has 2 aliphatic carbocycles. The highest BCUT2D eigenvalue weighted by Crippen LogP contribution is 2.37. The minimum absolute atomic E-state index is 0.187. The summed E-state index contributed by atoms with van der Waals surface area (Å²) in [6.07, 6.45) is 14.3. The molecule has 2 nitrogen and oxygen atoms in total. The first-order valence-corrected chi connectivity index (χ1v) is 8.64. The van der Waals surface area contributed by atoms with Crippen molar-refractivity contribution in [1.82, 2.24) is 5.32 Å². The number of rotatable bonds is 2. The zero-order valence-electron chi connectivity index (χ0n) is 12.6. The van der Waals surface area contributed by atoms with Crippen LogP contribution in [0.3, 0.4) is 0 Å². The summed E-state index contributed by atoms with van der Waals surface area (Å²) in [5.41, 5.74) is 0.187. The first kappa shape index (κ1) is 13.9. The first-order chi connectivity index (χ1) is 9.26. The van der Waals surface area contributed by atoms with Gasteiger partial charge in [-0.05, 0) is 37.5 Å². The van der Waals surface area contributed by atoms with Crippen LogP contribution >= 0.6 is 0 Å².